The summed E-state index contributed by atoms with van der Waals surface area (Å²) in [6.45, 7) is 14.5. The molecule has 2 aromatic carbocycles. The Balaban J connectivity index is 2.33. The van der Waals surface area contributed by atoms with Gasteiger partial charge in [-0.05, 0) is 59.7 Å². The fourth-order valence-electron chi connectivity index (χ4n) is 4.45. The molecule has 0 spiro atoms. The van der Waals surface area contributed by atoms with Crippen LogP contribution in [-0.2, 0) is 10.2 Å². The number of rotatable bonds is 7. The van der Waals surface area contributed by atoms with E-state index in [1.54, 1.807) is 0 Å². The molecular formula is C23H31NO. The molecule has 0 heterocycles. The normalized spacial score (nSPS) is 18.5. The van der Waals surface area contributed by atoms with Crippen molar-refractivity contribution in [2.24, 2.45) is 0 Å². The predicted molar refractivity (Wildman–Crippen MR) is 107 cm³/mol. The van der Waals surface area contributed by atoms with Crippen LogP contribution in [0, 0.1) is 6.92 Å². The maximum absolute atomic E-state index is 6.08. The van der Waals surface area contributed by atoms with Gasteiger partial charge < -0.3 is 10.1 Å². The average molecular weight is 338 g/mol. The second-order valence-electron chi connectivity index (χ2n) is 7.42. The van der Waals surface area contributed by atoms with Crippen molar-refractivity contribution in [3.8, 4) is 11.1 Å². The summed E-state index contributed by atoms with van der Waals surface area (Å²) >= 11 is 0. The van der Waals surface area contributed by atoms with E-state index in [1.165, 1.54) is 33.4 Å². The zero-order valence-electron chi connectivity index (χ0n) is 16.3. The second kappa shape index (κ2) is 7.31. The maximum Gasteiger partial charge on any atom is 0.0616 e. The van der Waals surface area contributed by atoms with Gasteiger partial charge in [0.05, 0.1) is 12.0 Å². The molecule has 3 rings (SSSR count). The molecule has 1 atom stereocenters. The number of fused-ring (bicyclic) bond motifs is 3. The van der Waals surface area contributed by atoms with Crippen LogP contribution >= 0.6 is 0 Å². The molecule has 0 bridgehead atoms. The monoisotopic (exact) mass is 337 g/mol. The molecule has 0 radical (unpaired) electrons. The van der Waals surface area contributed by atoms with E-state index in [9.17, 15) is 0 Å². The van der Waals surface area contributed by atoms with E-state index < -0.39 is 0 Å². The van der Waals surface area contributed by atoms with Crippen molar-refractivity contribution in [3.63, 3.8) is 0 Å². The summed E-state index contributed by atoms with van der Waals surface area (Å²) in [5.74, 6) is 0.493. The number of hydrogen-bond acceptors (Lipinski definition) is 2. The molecule has 0 aromatic heterocycles. The molecule has 134 valence electrons. The van der Waals surface area contributed by atoms with Crippen LogP contribution in [0.4, 0.5) is 0 Å². The summed E-state index contributed by atoms with van der Waals surface area (Å²) in [4.78, 5) is 0. The Kier molecular flexibility index (Phi) is 5.31. The van der Waals surface area contributed by atoms with E-state index in [0.717, 1.165) is 26.3 Å². The fourth-order valence-corrected chi connectivity index (χ4v) is 4.45. The number of benzene rings is 2. The van der Waals surface area contributed by atoms with Crippen molar-refractivity contribution < 1.29 is 4.74 Å². The molecule has 1 unspecified atom stereocenters. The SMILES string of the molecule is CCNCC1(COCC)c2c(C)cccc2-c2cccc(C(C)C)c21. The van der Waals surface area contributed by atoms with E-state index in [2.05, 4.69) is 76.3 Å². The maximum atomic E-state index is 6.08. The van der Waals surface area contributed by atoms with Gasteiger partial charge >= 0.3 is 0 Å². The molecular weight excluding hydrogens is 306 g/mol. The highest BCUT2D eigenvalue weighted by Gasteiger charge is 2.45. The zero-order valence-corrected chi connectivity index (χ0v) is 16.3. The summed E-state index contributed by atoms with van der Waals surface area (Å²) in [5, 5.41) is 3.64. The van der Waals surface area contributed by atoms with E-state index in [1.807, 2.05) is 0 Å². The van der Waals surface area contributed by atoms with Crippen LogP contribution in [0.2, 0.25) is 0 Å². The van der Waals surface area contributed by atoms with Crippen LogP contribution in [0.15, 0.2) is 36.4 Å². The molecule has 2 nitrogen and oxygen atoms in total. The first-order valence-electron chi connectivity index (χ1n) is 9.59. The first-order valence-corrected chi connectivity index (χ1v) is 9.59. The number of hydrogen-bond donors (Lipinski definition) is 1. The van der Waals surface area contributed by atoms with Gasteiger partial charge in [0.25, 0.3) is 0 Å². The van der Waals surface area contributed by atoms with Crippen LogP contribution in [0.1, 0.15) is 55.9 Å². The van der Waals surface area contributed by atoms with Crippen molar-refractivity contribution >= 4 is 0 Å². The van der Waals surface area contributed by atoms with Crippen molar-refractivity contribution in [1.82, 2.24) is 5.32 Å². The average Bonchev–Trinajstić information content (AvgIpc) is 2.90. The van der Waals surface area contributed by atoms with Crippen molar-refractivity contribution in [1.29, 1.82) is 0 Å². The summed E-state index contributed by atoms with van der Waals surface area (Å²) in [7, 11) is 0. The topological polar surface area (TPSA) is 21.3 Å². The number of ether oxygens (including phenoxy) is 1. The Morgan fingerprint density at radius 1 is 1.00 bits per heavy atom. The Morgan fingerprint density at radius 3 is 2.32 bits per heavy atom. The first-order chi connectivity index (χ1) is 12.1. The lowest BCUT2D eigenvalue weighted by molar-refractivity contribution is 0.107. The van der Waals surface area contributed by atoms with Gasteiger partial charge in [-0.25, -0.2) is 0 Å². The van der Waals surface area contributed by atoms with Gasteiger partial charge in [-0.15, -0.1) is 0 Å². The molecule has 1 N–H and O–H groups in total. The third-order valence-electron chi connectivity index (χ3n) is 5.47. The van der Waals surface area contributed by atoms with E-state index >= 15 is 0 Å². The molecule has 1 aliphatic rings. The lowest BCUT2D eigenvalue weighted by Gasteiger charge is -2.35. The molecule has 0 amide bonds. The van der Waals surface area contributed by atoms with Crippen molar-refractivity contribution in [3.05, 3.63) is 58.7 Å². The minimum atomic E-state index is -0.108. The van der Waals surface area contributed by atoms with Crippen molar-refractivity contribution in [2.75, 3.05) is 26.3 Å². The van der Waals surface area contributed by atoms with Crippen molar-refractivity contribution in [2.45, 2.75) is 46.0 Å². The number of aryl methyl sites for hydroxylation is 1. The van der Waals surface area contributed by atoms with E-state index in [0.29, 0.717) is 5.92 Å². The lowest BCUT2D eigenvalue weighted by Crippen LogP contribution is -2.43. The van der Waals surface area contributed by atoms with E-state index in [-0.39, 0.29) is 5.41 Å². The summed E-state index contributed by atoms with van der Waals surface area (Å²) in [6.07, 6.45) is 0. The molecule has 0 fully saturated rings. The molecule has 0 saturated heterocycles. The van der Waals surface area contributed by atoms with Gasteiger partial charge in [-0.3, -0.25) is 0 Å². The summed E-state index contributed by atoms with van der Waals surface area (Å²) in [5.41, 5.74) is 8.41. The molecule has 2 heteroatoms. The molecule has 0 aliphatic heterocycles. The quantitative estimate of drug-likeness (QED) is 0.765. The third kappa shape index (κ3) is 2.92. The fraction of sp³-hybridized carbons (Fsp3) is 0.478. The predicted octanol–water partition coefficient (Wildman–Crippen LogP) is 5.03. The van der Waals surface area contributed by atoms with Crippen LogP contribution < -0.4 is 5.32 Å². The number of nitrogens with one attached hydrogen (secondary N) is 1. The minimum Gasteiger partial charge on any atom is -0.380 e. The smallest absolute Gasteiger partial charge is 0.0616 e. The Bertz CT molecular complexity index is 740. The molecule has 1 aliphatic carbocycles. The highest BCUT2D eigenvalue weighted by Crippen LogP contribution is 2.52. The zero-order chi connectivity index (χ0) is 18.0. The highest BCUT2D eigenvalue weighted by atomic mass is 16.5. The van der Waals surface area contributed by atoms with Crippen LogP contribution in [0.25, 0.3) is 11.1 Å². The summed E-state index contributed by atoms with van der Waals surface area (Å²) < 4.78 is 6.08. The molecule has 2 aromatic rings. The third-order valence-corrected chi connectivity index (χ3v) is 5.47. The van der Waals surface area contributed by atoms with E-state index in [4.69, 9.17) is 4.74 Å². The van der Waals surface area contributed by atoms with Gasteiger partial charge in [-0.1, -0.05) is 57.2 Å². The van der Waals surface area contributed by atoms with Gasteiger partial charge in [0.2, 0.25) is 0 Å². The van der Waals surface area contributed by atoms with Crippen LogP contribution in [-0.4, -0.2) is 26.3 Å². The van der Waals surface area contributed by atoms with Gasteiger partial charge in [0.1, 0.15) is 0 Å². The largest absolute Gasteiger partial charge is 0.380 e. The van der Waals surface area contributed by atoms with Crippen LogP contribution in [0.5, 0.6) is 0 Å². The van der Waals surface area contributed by atoms with Gasteiger partial charge in [-0.2, -0.15) is 0 Å². The summed E-state index contributed by atoms with van der Waals surface area (Å²) in [6, 6.07) is 13.5. The first kappa shape index (κ1) is 18.2. The number of likely N-dealkylation sites (N-methyl/N-ethyl adjacent to an activating group) is 1. The second-order valence-corrected chi connectivity index (χ2v) is 7.42. The Labute approximate surface area is 152 Å². The minimum absolute atomic E-state index is 0.108. The van der Waals surface area contributed by atoms with Gasteiger partial charge in [0, 0.05) is 13.2 Å². The highest BCUT2D eigenvalue weighted by molar-refractivity contribution is 5.84. The molecule has 0 saturated carbocycles. The van der Waals surface area contributed by atoms with Crippen LogP contribution in [0.3, 0.4) is 0 Å². The molecule has 25 heavy (non-hydrogen) atoms. The van der Waals surface area contributed by atoms with Gasteiger partial charge in [0.15, 0.2) is 0 Å². The Morgan fingerprint density at radius 2 is 1.68 bits per heavy atom. The standard InChI is InChI=1S/C23H31NO/c1-6-24-14-23(15-25-7-2)21-17(5)10-8-12-19(21)20-13-9-11-18(16(3)4)22(20)23/h8-13,16,24H,6-7,14-15H2,1-5H3. The Hall–Kier alpha value is -1.64. The lowest BCUT2D eigenvalue weighted by atomic mass is 9.74.